The van der Waals surface area contributed by atoms with Crippen LogP contribution < -0.4 is 16.4 Å². The molecule has 0 bridgehead atoms. The van der Waals surface area contributed by atoms with Crippen molar-refractivity contribution in [1.29, 1.82) is 0 Å². The van der Waals surface area contributed by atoms with Crippen LogP contribution in [0.25, 0.3) is 0 Å². The molecule has 0 aliphatic carbocycles. The Labute approximate surface area is 89.2 Å². The maximum absolute atomic E-state index is 11.3. The molecule has 0 rings (SSSR count). The van der Waals surface area contributed by atoms with Gasteiger partial charge in [0.2, 0.25) is 5.91 Å². The fourth-order valence-electron chi connectivity index (χ4n) is 1.09. The first-order valence-electron chi connectivity index (χ1n) is 4.99. The SMILES string of the molecule is CCCC(O)CNC(=O)C(C)NC(N)=O. The van der Waals surface area contributed by atoms with Gasteiger partial charge in [0.25, 0.3) is 0 Å². The molecule has 5 N–H and O–H groups in total. The van der Waals surface area contributed by atoms with Gasteiger partial charge < -0.3 is 21.5 Å². The molecule has 0 saturated carbocycles. The lowest BCUT2D eigenvalue weighted by Crippen LogP contribution is -2.48. The van der Waals surface area contributed by atoms with Crippen molar-refractivity contribution < 1.29 is 14.7 Å². The van der Waals surface area contributed by atoms with Crippen LogP contribution in [0.4, 0.5) is 4.79 Å². The molecule has 0 fully saturated rings. The van der Waals surface area contributed by atoms with Gasteiger partial charge in [-0.25, -0.2) is 4.79 Å². The number of carbonyl (C=O) groups is 2. The average molecular weight is 217 g/mol. The minimum Gasteiger partial charge on any atom is -0.391 e. The van der Waals surface area contributed by atoms with Crippen molar-refractivity contribution in [3.8, 4) is 0 Å². The third-order valence-electron chi connectivity index (χ3n) is 1.89. The average Bonchev–Trinajstić information content (AvgIpc) is 2.13. The zero-order chi connectivity index (χ0) is 11.8. The number of hydrogen-bond acceptors (Lipinski definition) is 3. The summed E-state index contributed by atoms with van der Waals surface area (Å²) in [7, 11) is 0. The summed E-state index contributed by atoms with van der Waals surface area (Å²) in [6, 6.07) is -1.43. The molecule has 15 heavy (non-hydrogen) atoms. The normalized spacial score (nSPS) is 14.1. The molecule has 3 amide bonds. The van der Waals surface area contributed by atoms with E-state index in [-0.39, 0.29) is 12.5 Å². The van der Waals surface area contributed by atoms with Gasteiger partial charge in [-0.05, 0) is 13.3 Å². The molecule has 0 radical (unpaired) electrons. The third kappa shape index (κ3) is 6.73. The second-order valence-electron chi connectivity index (χ2n) is 3.42. The predicted molar refractivity (Wildman–Crippen MR) is 56.1 cm³/mol. The summed E-state index contributed by atoms with van der Waals surface area (Å²) in [5.41, 5.74) is 4.86. The van der Waals surface area contributed by atoms with Gasteiger partial charge in [-0.3, -0.25) is 4.79 Å². The molecular weight excluding hydrogens is 198 g/mol. The second kappa shape index (κ2) is 7.05. The van der Waals surface area contributed by atoms with Gasteiger partial charge in [0.05, 0.1) is 6.10 Å². The van der Waals surface area contributed by atoms with Crippen molar-refractivity contribution in [1.82, 2.24) is 10.6 Å². The lowest BCUT2D eigenvalue weighted by atomic mass is 10.2. The smallest absolute Gasteiger partial charge is 0.312 e. The molecule has 0 saturated heterocycles. The molecule has 0 spiro atoms. The van der Waals surface area contributed by atoms with E-state index in [4.69, 9.17) is 5.73 Å². The Balaban J connectivity index is 3.77. The highest BCUT2D eigenvalue weighted by Crippen LogP contribution is 1.94. The van der Waals surface area contributed by atoms with Crippen LogP contribution in [0.5, 0.6) is 0 Å². The van der Waals surface area contributed by atoms with Crippen LogP contribution in [0.2, 0.25) is 0 Å². The topological polar surface area (TPSA) is 104 Å². The highest BCUT2D eigenvalue weighted by atomic mass is 16.3. The van der Waals surface area contributed by atoms with Gasteiger partial charge in [-0.1, -0.05) is 13.3 Å². The molecule has 0 heterocycles. The standard InChI is InChI=1S/C9H19N3O3/c1-3-4-7(13)5-11-8(14)6(2)12-9(10)15/h6-7,13H,3-5H2,1-2H3,(H,11,14)(H3,10,12,15). The number of aliphatic hydroxyl groups is 1. The van der Waals surface area contributed by atoms with Crippen LogP contribution in [0.1, 0.15) is 26.7 Å². The molecule has 0 aliphatic rings. The van der Waals surface area contributed by atoms with E-state index < -0.39 is 18.2 Å². The Morgan fingerprint density at radius 2 is 2.07 bits per heavy atom. The maximum atomic E-state index is 11.3. The number of primary amides is 1. The van der Waals surface area contributed by atoms with Crippen LogP contribution in [0, 0.1) is 0 Å². The van der Waals surface area contributed by atoms with E-state index in [1.54, 1.807) is 0 Å². The zero-order valence-electron chi connectivity index (χ0n) is 9.12. The quantitative estimate of drug-likeness (QED) is 0.473. The van der Waals surface area contributed by atoms with Gasteiger partial charge in [0.1, 0.15) is 6.04 Å². The molecule has 2 unspecified atom stereocenters. The first-order chi connectivity index (χ1) is 6.97. The number of urea groups is 1. The highest BCUT2D eigenvalue weighted by Gasteiger charge is 2.14. The summed E-state index contributed by atoms with van der Waals surface area (Å²) in [5.74, 6) is -0.357. The van der Waals surface area contributed by atoms with Crippen molar-refractivity contribution in [3.63, 3.8) is 0 Å². The van der Waals surface area contributed by atoms with Gasteiger partial charge in [0, 0.05) is 6.54 Å². The second-order valence-corrected chi connectivity index (χ2v) is 3.42. The van der Waals surface area contributed by atoms with Crippen molar-refractivity contribution in [2.75, 3.05) is 6.54 Å². The van der Waals surface area contributed by atoms with E-state index in [0.717, 1.165) is 6.42 Å². The first kappa shape index (κ1) is 13.7. The molecule has 0 aromatic rings. The Morgan fingerprint density at radius 3 is 2.53 bits per heavy atom. The predicted octanol–water partition coefficient (Wildman–Crippen LogP) is -0.680. The fourth-order valence-corrected chi connectivity index (χ4v) is 1.09. The Bertz CT molecular complexity index is 221. The van der Waals surface area contributed by atoms with Crippen LogP contribution in [-0.2, 0) is 4.79 Å². The van der Waals surface area contributed by atoms with Crippen LogP contribution in [0.15, 0.2) is 0 Å². The summed E-state index contributed by atoms with van der Waals surface area (Å²) in [5, 5.41) is 14.1. The van der Waals surface area contributed by atoms with Gasteiger partial charge in [-0.15, -0.1) is 0 Å². The molecule has 0 aromatic heterocycles. The largest absolute Gasteiger partial charge is 0.391 e. The van der Waals surface area contributed by atoms with E-state index in [2.05, 4.69) is 10.6 Å². The van der Waals surface area contributed by atoms with Crippen molar-refractivity contribution in [2.24, 2.45) is 5.73 Å². The molecular formula is C9H19N3O3. The number of nitrogens with two attached hydrogens (primary N) is 1. The maximum Gasteiger partial charge on any atom is 0.312 e. The van der Waals surface area contributed by atoms with E-state index in [1.807, 2.05) is 6.92 Å². The number of nitrogens with one attached hydrogen (secondary N) is 2. The van der Waals surface area contributed by atoms with Gasteiger partial charge in [-0.2, -0.15) is 0 Å². The lowest BCUT2D eigenvalue weighted by molar-refractivity contribution is -0.123. The molecule has 2 atom stereocenters. The van der Waals surface area contributed by atoms with Crippen molar-refractivity contribution in [3.05, 3.63) is 0 Å². The van der Waals surface area contributed by atoms with Crippen LogP contribution >= 0.6 is 0 Å². The number of aliphatic hydroxyl groups excluding tert-OH is 1. The zero-order valence-corrected chi connectivity index (χ0v) is 9.12. The van der Waals surface area contributed by atoms with Crippen LogP contribution in [-0.4, -0.2) is 35.7 Å². The molecule has 6 heteroatoms. The highest BCUT2D eigenvalue weighted by molar-refractivity contribution is 5.86. The van der Waals surface area contributed by atoms with Gasteiger partial charge in [0.15, 0.2) is 0 Å². The van der Waals surface area contributed by atoms with E-state index >= 15 is 0 Å². The number of amides is 3. The Hall–Kier alpha value is -1.30. The summed E-state index contributed by atoms with van der Waals surface area (Å²) in [6.07, 6.45) is 0.948. The number of hydrogen-bond donors (Lipinski definition) is 4. The first-order valence-corrected chi connectivity index (χ1v) is 4.99. The summed E-state index contributed by atoms with van der Waals surface area (Å²) < 4.78 is 0. The lowest BCUT2D eigenvalue weighted by Gasteiger charge is -2.14. The molecule has 6 nitrogen and oxygen atoms in total. The number of rotatable bonds is 6. The minimum absolute atomic E-state index is 0.192. The third-order valence-corrected chi connectivity index (χ3v) is 1.89. The molecule has 88 valence electrons. The fraction of sp³-hybridized carbons (Fsp3) is 0.778. The van der Waals surface area contributed by atoms with Crippen molar-refractivity contribution in [2.45, 2.75) is 38.8 Å². The molecule has 0 aliphatic heterocycles. The van der Waals surface area contributed by atoms with Crippen molar-refractivity contribution >= 4 is 11.9 Å². The van der Waals surface area contributed by atoms with E-state index in [0.29, 0.717) is 6.42 Å². The summed E-state index contributed by atoms with van der Waals surface area (Å²) in [6.45, 7) is 3.66. The Kier molecular flexibility index (Phi) is 6.44. The monoisotopic (exact) mass is 217 g/mol. The summed E-state index contributed by atoms with van der Waals surface area (Å²) in [4.78, 5) is 21.7. The van der Waals surface area contributed by atoms with E-state index in [9.17, 15) is 14.7 Å². The van der Waals surface area contributed by atoms with Gasteiger partial charge >= 0.3 is 6.03 Å². The van der Waals surface area contributed by atoms with Crippen LogP contribution in [0.3, 0.4) is 0 Å². The molecule has 0 aromatic carbocycles. The summed E-state index contributed by atoms with van der Waals surface area (Å²) >= 11 is 0. The minimum atomic E-state index is -0.744. The number of carbonyl (C=O) groups excluding carboxylic acids is 2. The van der Waals surface area contributed by atoms with E-state index in [1.165, 1.54) is 6.92 Å². The Morgan fingerprint density at radius 1 is 1.47 bits per heavy atom.